The van der Waals surface area contributed by atoms with E-state index in [1.165, 1.54) is 11.6 Å². The summed E-state index contributed by atoms with van der Waals surface area (Å²) in [6, 6.07) is 15.0. The highest BCUT2D eigenvalue weighted by atomic mass is 79.9. The summed E-state index contributed by atoms with van der Waals surface area (Å²) >= 11 is 3.47. The molecule has 0 unspecified atom stereocenters. The fourth-order valence-electron chi connectivity index (χ4n) is 2.01. The predicted octanol–water partition coefficient (Wildman–Crippen LogP) is 4.13. The number of hydrogen-bond donors (Lipinski definition) is 1. The van der Waals surface area contributed by atoms with Crippen LogP contribution in [0.5, 0.6) is 0 Å². The molecule has 2 rings (SSSR count). The van der Waals surface area contributed by atoms with Crippen LogP contribution in [-0.4, -0.2) is 25.0 Å². The molecule has 20 heavy (non-hydrogen) atoms. The molecule has 106 valence electrons. The van der Waals surface area contributed by atoms with Crippen molar-refractivity contribution in [2.24, 2.45) is 0 Å². The SMILES string of the molecule is CN(CCNc1ccccc1F)Cc1cccc(Br)c1. The first-order valence-corrected chi connectivity index (χ1v) is 7.36. The van der Waals surface area contributed by atoms with Crippen molar-refractivity contribution in [3.63, 3.8) is 0 Å². The molecule has 1 N–H and O–H groups in total. The van der Waals surface area contributed by atoms with Gasteiger partial charge in [-0.05, 0) is 36.9 Å². The zero-order chi connectivity index (χ0) is 14.4. The molecule has 2 aromatic rings. The maximum absolute atomic E-state index is 13.4. The van der Waals surface area contributed by atoms with Gasteiger partial charge in [-0.2, -0.15) is 0 Å². The standard InChI is InChI=1S/C16H18BrFN2/c1-20(12-13-5-4-6-14(17)11-13)10-9-19-16-8-3-2-7-15(16)18/h2-8,11,19H,9-10,12H2,1H3. The Balaban J connectivity index is 1.78. The average Bonchev–Trinajstić information content (AvgIpc) is 2.41. The molecule has 4 heteroatoms. The minimum atomic E-state index is -0.206. The number of nitrogens with zero attached hydrogens (tertiary/aromatic N) is 1. The number of halogens is 2. The molecule has 2 aromatic carbocycles. The molecule has 0 spiro atoms. The van der Waals surface area contributed by atoms with Crippen molar-refractivity contribution in [1.29, 1.82) is 0 Å². The van der Waals surface area contributed by atoms with Crippen LogP contribution >= 0.6 is 15.9 Å². The number of benzene rings is 2. The lowest BCUT2D eigenvalue weighted by Gasteiger charge is -2.17. The summed E-state index contributed by atoms with van der Waals surface area (Å²) < 4.78 is 14.5. The largest absolute Gasteiger partial charge is 0.381 e. The molecule has 0 atom stereocenters. The number of likely N-dealkylation sites (N-methyl/N-ethyl adjacent to an activating group) is 1. The Labute approximate surface area is 127 Å². The fraction of sp³-hybridized carbons (Fsp3) is 0.250. The van der Waals surface area contributed by atoms with Gasteiger partial charge in [0.2, 0.25) is 0 Å². The minimum absolute atomic E-state index is 0.206. The lowest BCUT2D eigenvalue weighted by molar-refractivity contribution is 0.340. The van der Waals surface area contributed by atoms with Crippen molar-refractivity contribution in [3.8, 4) is 0 Å². The molecule has 0 fully saturated rings. The summed E-state index contributed by atoms with van der Waals surface area (Å²) in [4.78, 5) is 2.20. The van der Waals surface area contributed by atoms with Gasteiger partial charge in [-0.1, -0.05) is 40.2 Å². The molecule has 0 radical (unpaired) electrons. The van der Waals surface area contributed by atoms with Gasteiger partial charge in [0.1, 0.15) is 5.82 Å². The lowest BCUT2D eigenvalue weighted by Crippen LogP contribution is -2.25. The first-order valence-electron chi connectivity index (χ1n) is 6.56. The van der Waals surface area contributed by atoms with Gasteiger partial charge >= 0.3 is 0 Å². The van der Waals surface area contributed by atoms with Crippen molar-refractivity contribution in [2.45, 2.75) is 6.54 Å². The van der Waals surface area contributed by atoms with Crippen molar-refractivity contribution in [2.75, 3.05) is 25.5 Å². The quantitative estimate of drug-likeness (QED) is 0.853. The van der Waals surface area contributed by atoms with E-state index in [9.17, 15) is 4.39 Å². The van der Waals surface area contributed by atoms with Crippen LogP contribution in [0.2, 0.25) is 0 Å². The van der Waals surface area contributed by atoms with Gasteiger partial charge in [0.05, 0.1) is 5.69 Å². The molecule has 0 amide bonds. The number of hydrogen-bond acceptors (Lipinski definition) is 2. The van der Waals surface area contributed by atoms with Gasteiger partial charge in [-0.3, -0.25) is 0 Å². The average molecular weight is 337 g/mol. The van der Waals surface area contributed by atoms with Crippen LogP contribution in [0.3, 0.4) is 0 Å². The molecule has 0 aliphatic carbocycles. The molecular formula is C16H18BrFN2. The van der Waals surface area contributed by atoms with Crippen LogP contribution in [0.4, 0.5) is 10.1 Å². The van der Waals surface area contributed by atoms with E-state index in [2.05, 4.69) is 45.3 Å². The van der Waals surface area contributed by atoms with Gasteiger partial charge in [-0.15, -0.1) is 0 Å². The van der Waals surface area contributed by atoms with E-state index < -0.39 is 0 Å². The zero-order valence-corrected chi connectivity index (χ0v) is 13.0. The first kappa shape index (κ1) is 15.0. The van der Waals surface area contributed by atoms with E-state index >= 15 is 0 Å². The summed E-state index contributed by atoms with van der Waals surface area (Å²) in [6.07, 6.45) is 0. The maximum atomic E-state index is 13.4. The van der Waals surface area contributed by atoms with E-state index in [0.717, 1.165) is 17.6 Å². The topological polar surface area (TPSA) is 15.3 Å². The second kappa shape index (κ2) is 7.41. The van der Waals surface area contributed by atoms with E-state index in [1.54, 1.807) is 12.1 Å². The first-order chi connectivity index (χ1) is 9.65. The van der Waals surface area contributed by atoms with E-state index in [0.29, 0.717) is 12.2 Å². The summed E-state index contributed by atoms with van der Waals surface area (Å²) in [7, 11) is 2.06. The molecule has 0 saturated heterocycles. The second-order valence-corrected chi connectivity index (χ2v) is 5.69. The molecule has 2 nitrogen and oxygen atoms in total. The Kier molecular flexibility index (Phi) is 5.56. The highest BCUT2D eigenvalue weighted by Gasteiger charge is 2.02. The van der Waals surface area contributed by atoms with Crippen molar-refractivity contribution >= 4 is 21.6 Å². The Bertz CT molecular complexity index is 560. The lowest BCUT2D eigenvalue weighted by atomic mass is 10.2. The summed E-state index contributed by atoms with van der Waals surface area (Å²) in [5, 5.41) is 3.12. The highest BCUT2D eigenvalue weighted by molar-refractivity contribution is 9.10. The highest BCUT2D eigenvalue weighted by Crippen LogP contribution is 2.13. The van der Waals surface area contributed by atoms with E-state index in [1.807, 2.05) is 18.2 Å². The molecule has 0 aliphatic rings. The van der Waals surface area contributed by atoms with Crippen LogP contribution in [0.15, 0.2) is 53.0 Å². The van der Waals surface area contributed by atoms with Crippen molar-refractivity contribution in [1.82, 2.24) is 4.90 Å². The number of nitrogens with one attached hydrogen (secondary N) is 1. The number of anilines is 1. The molecule has 0 bridgehead atoms. The molecule has 0 saturated carbocycles. The fourth-order valence-corrected chi connectivity index (χ4v) is 2.46. The van der Waals surface area contributed by atoms with Gasteiger partial charge in [0.15, 0.2) is 0 Å². The molecular weight excluding hydrogens is 319 g/mol. The van der Waals surface area contributed by atoms with Gasteiger partial charge in [0.25, 0.3) is 0 Å². The van der Waals surface area contributed by atoms with Crippen LogP contribution in [0.1, 0.15) is 5.56 Å². The van der Waals surface area contributed by atoms with Crippen LogP contribution < -0.4 is 5.32 Å². The van der Waals surface area contributed by atoms with Gasteiger partial charge in [-0.25, -0.2) is 4.39 Å². The number of rotatable bonds is 6. The Morgan fingerprint density at radius 2 is 1.95 bits per heavy atom. The van der Waals surface area contributed by atoms with E-state index in [-0.39, 0.29) is 5.82 Å². The predicted molar refractivity (Wildman–Crippen MR) is 85.4 cm³/mol. The van der Waals surface area contributed by atoms with Crippen molar-refractivity contribution < 1.29 is 4.39 Å². The Hall–Kier alpha value is -1.39. The van der Waals surface area contributed by atoms with Gasteiger partial charge in [0, 0.05) is 24.1 Å². The monoisotopic (exact) mass is 336 g/mol. The maximum Gasteiger partial charge on any atom is 0.146 e. The summed E-state index contributed by atoms with van der Waals surface area (Å²) in [6.45, 7) is 2.44. The minimum Gasteiger partial charge on any atom is -0.381 e. The van der Waals surface area contributed by atoms with Crippen LogP contribution in [-0.2, 0) is 6.54 Å². The third kappa shape index (κ3) is 4.62. The Morgan fingerprint density at radius 1 is 1.15 bits per heavy atom. The summed E-state index contributed by atoms with van der Waals surface area (Å²) in [5.41, 5.74) is 1.82. The van der Waals surface area contributed by atoms with Crippen LogP contribution in [0, 0.1) is 5.82 Å². The smallest absolute Gasteiger partial charge is 0.146 e. The Morgan fingerprint density at radius 3 is 2.70 bits per heavy atom. The summed E-state index contributed by atoms with van der Waals surface area (Å²) in [5.74, 6) is -0.206. The van der Waals surface area contributed by atoms with Gasteiger partial charge < -0.3 is 10.2 Å². The normalized spacial score (nSPS) is 10.8. The number of para-hydroxylation sites is 1. The second-order valence-electron chi connectivity index (χ2n) is 4.77. The van der Waals surface area contributed by atoms with E-state index in [4.69, 9.17) is 0 Å². The third-order valence-corrected chi connectivity index (χ3v) is 3.52. The van der Waals surface area contributed by atoms with Crippen LogP contribution in [0.25, 0.3) is 0 Å². The molecule has 0 aliphatic heterocycles. The molecule has 0 heterocycles. The molecule has 0 aromatic heterocycles. The third-order valence-electron chi connectivity index (χ3n) is 3.02. The zero-order valence-electron chi connectivity index (χ0n) is 11.4. The van der Waals surface area contributed by atoms with Crippen molar-refractivity contribution in [3.05, 3.63) is 64.4 Å².